The smallest absolute Gasteiger partial charge is 0.323 e. The molecule has 176 valence electrons. The standard InChI is InChI=1S/C21H20B3N9O3/c1-5-9-32(2)20(35)27-15-10-14(16(30-29-15)19(34)28-21(22,23)24)26-13-8-6-7-12(17(13)36-4)18-25-11-33(3)31-18/h1,6-8,10-11H,9H2,2-4H3,(H,28,34)(H2,26,27,29,35). The van der Waals surface area contributed by atoms with Crippen molar-refractivity contribution in [3.63, 3.8) is 0 Å². The minimum Gasteiger partial charge on any atom is -0.494 e. The minimum atomic E-state index is -2.01. The number of rotatable bonds is 8. The van der Waals surface area contributed by atoms with Crippen molar-refractivity contribution in [3.8, 4) is 29.5 Å². The lowest BCUT2D eigenvalue weighted by molar-refractivity contribution is 0.0947. The number of nitrogens with one attached hydrogen (secondary N) is 3. The minimum absolute atomic E-state index is 0.0314. The number of anilines is 3. The van der Waals surface area contributed by atoms with E-state index in [0.717, 1.165) is 0 Å². The fourth-order valence-corrected chi connectivity index (χ4v) is 3.02. The Hall–Kier alpha value is -4.47. The highest BCUT2D eigenvalue weighted by Gasteiger charge is 2.22. The van der Waals surface area contributed by atoms with Crippen molar-refractivity contribution < 1.29 is 14.3 Å². The van der Waals surface area contributed by atoms with Crippen LogP contribution in [-0.2, 0) is 7.05 Å². The van der Waals surface area contributed by atoms with Crippen LogP contribution in [-0.4, -0.2) is 91.3 Å². The normalized spacial score (nSPS) is 10.7. The molecule has 36 heavy (non-hydrogen) atoms. The Kier molecular flexibility index (Phi) is 7.88. The lowest BCUT2D eigenvalue weighted by Crippen LogP contribution is -2.50. The topological polar surface area (TPSA) is 139 Å². The predicted octanol–water partition coefficient (Wildman–Crippen LogP) is -0.0322. The molecule has 3 amide bonds. The third-order valence-electron chi connectivity index (χ3n) is 4.58. The molecule has 1 aromatic carbocycles. The zero-order chi connectivity index (χ0) is 26.5. The second-order valence-electron chi connectivity index (χ2n) is 7.62. The molecule has 0 bridgehead atoms. The summed E-state index contributed by atoms with van der Waals surface area (Å²) < 4.78 is 7.15. The van der Waals surface area contributed by atoms with Crippen LogP contribution in [0.25, 0.3) is 11.4 Å². The van der Waals surface area contributed by atoms with Gasteiger partial charge < -0.3 is 20.3 Å². The number of amides is 3. The number of hydrogen-bond acceptors (Lipinski definition) is 8. The molecule has 0 atom stereocenters. The van der Waals surface area contributed by atoms with E-state index in [0.29, 0.717) is 22.8 Å². The number of aryl methyl sites for hydroxylation is 1. The third-order valence-corrected chi connectivity index (χ3v) is 4.58. The number of aromatic nitrogens is 5. The Bertz CT molecular complexity index is 1320. The van der Waals surface area contributed by atoms with Crippen LogP contribution >= 0.6 is 0 Å². The summed E-state index contributed by atoms with van der Waals surface area (Å²) in [6, 6.07) is 6.07. The lowest BCUT2D eigenvalue weighted by Gasteiger charge is -2.23. The van der Waals surface area contributed by atoms with Gasteiger partial charge in [0.25, 0.3) is 5.91 Å². The Morgan fingerprint density at radius 1 is 1.25 bits per heavy atom. The molecule has 0 fully saturated rings. The average molecular weight is 479 g/mol. The number of hydrogen-bond donors (Lipinski definition) is 3. The number of benzene rings is 1. The third kappa shape index (κ3) is 6.35. The number of terminal acetylenes is 1. The van der Waals surface area contributed by atoms with Gasteiger partial charge in [-0.25, -0.2) is 9.78 Å². The van der Waals surface area contributed by atoms with Crippen LogP contribution in [0.1, 0.15) is 10.5 Å². The number of nitrogens with zero attached hydrogens (tertiary/aromatic N) is 6. The highest BCUT2D eigenvalue weighted by atomic mass is 16.5. The molecule has 3 aromatic rings. The van der Waals surface area contributed by atoms with Crippen molar-refractivity contribution in [2.24, 2.45) is 7.05 Å². The largest absolute Gasteiger partial charge is 0.494 e. The van der Waals surface area contributed by atoms with Crippen LogP contribution in [0, 0.1) is 12.3 Å². The van der Waals surface area contributed by atoms with E-state index < -0.39 is 17.2 Å². The summed E-state index contributed by atoms with van der Waals surface area (Å²) in [7, 11) is 21.2. The van der Waals surface area contributed by atoms with Gasteiger partial charge in [0.15, 0.2) is 23.1 Å². The van der Waals surface area contributed by atoms with E-state index in [-0.39, 0.29) is 23.7 Å². The highest BCUT2D eigenvalue weighted by Crippen LogP contribution is 2.37. The van der Waals surface area contributed by atoms with Crippen molar-refractivity contribution in [2.75, 3.05) is 31.3 Å². The van der Waals surface area contributed by atoms with Crippen LogP contribution < -0.4 is 20.7 Å². The molecule has 12 nitrogen and oxygen atoms in total. The molecule has 0 aliphatic heterocycles. The molecule has 2 heterocycles. The van der Waals surface area contributed by atoms with Crippen molar-refractivity contribution in [2.45, 2.75) is 5.24 Å². The number of methoxy groups -OCH3 is 1. The molecule has 3 rings (SSSR count). The van der Waals surface area contributed by atoms with E-state index in [1.165, 1.54) is 25.1 Å². The number of ether oxygens (including phenoxy) is 1. The average Bonchev–Trinajstić information content (AvgIpc) is 3.24. The Morgan fingerprint density at radius 2 is 2.00 bits per heavy atom. The maximum atomic E-state index is 12.8. The molecule has 15 heteroatoms. The maximum Gasteiger partial charge on any atom is 0.323 e. The first kappa shape index (κ1) is 26.1. The molecule has 0 saturated heterocycles. The predicted molar refractivity (Wildman–Crippen MR) is 136 cm³/mol. The van der Waals surface area contributed by atoms with E-state index in [1.54, 1.807) is 36.3 Å². The maximum absolute atomic E-state index is 12.8. The molecule has 3 N–H and O–H groups in total. The van der Waals surface area contributed by atoms with Crippen molar-refractivity contribution in [1.29, 1.82) is 0 Å². The fourth-order valence-electron chi connectivity index (χ4n) is 3.02. The molecule has 0 aliphatic carbocycles. The molecule has 0 aliphatic rings. The number of urea groups is 1. The van der Waals surface area contributed by atoms with E-state index in [2.05, 4.69) is 42.2 Å². The zero-order valence-electron chi connectivity index (χ0n) is 19.8. The summed E-state index contributed by atoms with van der Waals surface area (Å²) in [5.74, 6) is 2.38. The van der Waals surface area contributed by atoms with Gasteiger partial charge in [-0.3, -0.25) is 14.8 Å². The summed E-state index contributed by atoms with van der Waals surface area (Å²) in [4.78, 5) is 30.6. The van der Waals surface area contributed by atoms with Crippen LogP contribution in [0.15, 0.2) is 30.6 Å². The zero-order valence-corrected chi connectivity index (χ0v) is 19.8. The first-order chi connectivity index (χ1) is 17.0. The van der Waals surface area contributed by atoms with Crippen LogP contribution in [0.3, 0.4) is 0 Å². The molecule has 0 saturated carbocycles. The second-order valence-corrected chi connectivity index (χ2v) is 7.62. The summed E-state index contributed by atoms with van der Waals surface area (Å²) in [5, 5.41) is 17.9. The van der Waals surface area contributed by atoms with Gasteiger partial charge in [-0.1, -0.05) is 17.2 Å². The SMILES string of the molecule is [B]C([B])([B])NC(=O)c1nnc(NC(=O)N(C)CC#C)cc1Nc1cccc(-c2ncn(C)n2)c1OC. The van der Waals surface area contributed by atoms with Crippen molar-refractivity contribution >= 4 is 52.7 Å². The first-order valence-corrected chi connectivity index (χ1v) is 10.3. The lowest BCUT2D eigenvalue weighted by atomic mass is 9.49. The van der Waals surface area contributed by atoms with E-state index in [1.807, 2.05) is 0 Å². The van der Waals surface area contributed by atoms with Gasteiger partial charge >= 0.3 is 6.03 Å². The molecule has 6 radical (unpaired) electrons. The van der Waals surface area contributed by atoms with Crippen molar-refractivity contribution in [3.05, 3.63) is 36.3 Å². The summed E-state index contributed by atoms with van der Waals surface area (Å²) in [6.07, 6.45) is 6.80. The van der Waals surface area contributed by atoms with Gasteiger partial charge in [-0.15, -0.1) is 16.6 Å². The van der Waals surface area contributed by atoms with Gasteiger partial charge in [0.2, 0.25) is 0 Å². The van der Waals surface area contributed by atoms with Crippen LogP contribution in [0.2, 0.25) is 0 Å². The molecule has 0 unspecified atom stereocenters. The second kappa shape index (κ2) is 10.9. The molecular weight excluding hydrogens is 459 g/mol. The van der Waals surface area contributed by atoms with Crippen molar-refractivity contribution in [1.82, 2.24) is 35.2 Å². The van der Waals surface area contributed by atoms with E-state index in [4.69, 9.17) is 34.7 Å². The molecule has 0 spiro atoms. The van der Waals surface area contributed by atoms with E-state index >= 15 is 0 Å². The van der Waals surface area contributed by atoms with Gasteiger partial charge in [0.05, 0.1) is 54.1 Å². The highest BCUT2D eigenvalue weighted by molar-refractivity contribution is 6.60. The summed E-state index contributed by atoms with van der Waals surface area (Å²) in [6.45, 7) is 0.0714. The Balaban J connectivity index is 2.04. The Labute approximate surface area is 211 Å². The van der Waals surface area contributed by atoms with Crippen LogP contribution in [0.4, 0.5) is 22.0 Å². The molecule has 2 aromatic heterocycles. The monoisotopic (exact) mass is 479 g/mol. The fraction of sp³-hybridized carbons (Fsp3) is 0.238. The number of carbonyl (C=O) groups is 2. The van der Waals surface area contributed by atoms with E-state index in [9.17, 15) is 9.59 Å². The summed E-state index contributed by atoms with van der Waals surface area (Å²) in [5.41, 5.74) is 0.946. The van der Waals surface area contributed by atoms with Gasteiger partial charge in [-0.2, -0.15) is 5.10 Å². The quantitative estimate of drug-likeness (QED) is 0.303. The van der Waals surface area contributed by atoms with Gasteiger partial charge in [-0.05, 0) is 12.1 Å². The number of para-hydroxylation sites is 1. The number of carbonyl (C=O) groups excluding carboxylic acids is 2. The van der Waals surface area contributed by atoms with Crippen LogP contribution in [0.5, 0.6) is 5.75 Å². The summed E-state index contributed by atoms with van der Waals surface area (Å²) >= 11 is 0. The Morgan fingerprint density at radius 3 is 2.61 bits per heavy atom. The molecular formula is C21H20B3N9O3. The first-order valence-electron chi connectivity index (χ1n) is 10.3. The van der Waals surface area contributed by atoms with Gasteiger partial charge in [0, 0.05) is 20.2 Å². The van der Waals surface area contributed by atoms with Gasteiger partial charge in [0.1, 0.15) is 6.33 Å².